The summed E-state index contributed by atoms with van der Waals surface area (Å²) in [4.78, 5) is 12.2. The fourth-order valence-electron chi connectivity index (χ4n) is 2.09. The number of hydrogen-bond acceptors (Lipinski definition) is 4. The Labute approximate surface area is 143 Å². The third kappa shape index (κ3) is 4.43. The van der Waals surface area contributed by atoms with Gasteiger partial charge in [0.05, 0.1) is 12.0 Å². The van der Waals surface area contributed by atoms with Gasteiger partial charge in [-0.15, -0.1) is 0 Å². The molecule has 6 nitrogen and oxygen atoms in total. The molecule has 0 unspecified atom stereocenters. The Kier molecular flexibility index (Phi) is 5.61. The molecule has 23 heavy (non-hydrogen) atoms. The number of methoxy groups -OCH3 is 1. The minimum atomic E-state index is -3.60. The number of nitrogens with zero attached hydrogens (tertiary/aromatic N) is 1. The van der Waals surface area contributed by atoms with E-state index in [9.17, 15) is 13.2 Å². The summed E-state index contributed by atoms with van der Waals surface area (Å²) in [5.41, 5.74) is 0.474. The molecule has 2 rings (SSSR count). The summed E-state index contributed by atoms with van der Waals surface area (Å²) in [6.07, 6.45) is 0. The zero-order chi connectivity index (χ0) is 17.0. The Morgan fingerprint density at radius 1 is 1.22 bits per heavy atom. The monoisotopic (exact) mass is 400 g/mol. The molecule has 0 atom stereocenters. The van der Waals surface area contributed by atoms with Crippen molar-refractivity contribution < 1.29 is 13.2 Å². The highest BCUT2D eigenvalue weighted by Crippen LogP contribution is 2.14. The first-order chi connectivity index (χ1) is 10.8. The zero-order valence-corrected chi connectivity index (χ0v) is 15.1. The van der Waals surface area contributed by atoms with Crippen molar-refractivity contribution >= 4 is 26.0 Å². The maximum atomic E-state index is 12.2. The van der Waals surface area contributed by atoms with Crippen LogP contribution < -0.4 is 15.0 Å². The Balaban J connectivity index is 2.08. The first-order valence-electron chi connectivity index (χ1n) is 6.84. The lowest BCUT2D eigenvalue weighted by molar-refractivity contribution is 0.411. The maximum absolute atomic E-state index is 12.2. The standard InChI is InChI=1S/C15H17BrN2O4S/c1-11-9-13(22-2)10-15(19)18(11)8-7-17-23(20,21)14-5-3-12(16)4-6-14/h3-6,9-10,17H,7-8H2,1-2H3. The van der Waals surface area contributed by atoms with Crippen molar-refractivity contribution in [2.45, 2.75) is 18.4 Å². The van der Waals surface area contributed by atoms with Gasteiger partial charge in [-0.1, -0.05) is 15.9 Å². The molecule has 0 bridgehead atoms. The largest absolute Gasteiger partial charge is 0.496 e. The number of benzene rings is 1. The van der Waals surface area contributed by atoms with Crippen LogP contribution in [0.25, 0.3) is 0 Å². The summed E-state index contributed by atoms with van der Waals surface area (Å²) in [5, 5.41) is 0. The van der Waals surface area contributed by atoms with Gasteiger partial charge in [0, 0.05) is 29.3 Å². The second-order valence-corrected chi connectivity index (χ2v) is 7.56. The van der Waals surface area contributed by atoms with Crippen molar-refractivity contribution in [2.24, 2.45) is 0 Å². The molecule has 0 saturated carbocycles. The second-order valence-electron chi connectivity index (χ2n) is 4.88. The van der Waals surface area contributed by atoms with E-state index >= 15 is 0 Å². The molecule has 1 aromatic carbocycles. The van der Waals surface area contributed by atoms with Crippen LogP contribution in [0, 0.1) is 6.92 Å². The molecule has 0 aliphatic heterocycles. The summed E-state index contributed by atoms with van der Waals surface area (Å²) in [7, 11) is -2.11. The van der Waals surface area contributed by atoms with Crippen LogP contribution in [-0.2, 0) is 16.6 Å². The number of sulfonamides is 1. The van der Waals surface area contributed by atoms with Gasteiger partial charge in [-0.25, -0.2) is 13.1 Å². The summed E-state index contributed by atoms with van der Waals surface area (Å²) in [5.74, 6) is 0.485. The minimum Gasteiger partial charge on any atom is -0.496 e. The highest BCUT2D eigenvalue weighted by Gasteiger charge is 2.13. The molecule has 1 aromatic heterocycles. The van der Waals surface area contributed by atoms with E-state index in [4.69, 9.17) is 4.74 Å². The van der Waals surface area contributed by atoms with Crippen LogP contribution >= 0.6 is 15.9 Å². The van der Waals surface area contributed by atoms with Gasteiger partial charge >= 0.3 is 0 Å². The molecule has 2 aromatic rings. The van der Waals surface area contributed by atoms with Crippen molar-refractivity contribution in [3.05, 3.63) is 56.9 Å². The van der Waals surface area contributed by atoms with Gasteiger partial charge in [0.2, 0.25) is 10.0 Å². The number of nitrogens with one attached hydrogen (secondary N) is 1. The molecule has 0 saturated heterocycles. The van der Waals surface area contributed by atoms with Crippen molar-refractivity contribution in [3.63, 3.8) is 0 Å². The van der Waals surface area contributed by atoms with Crippen molar-refractivity contribution in [1.29, 1.82) is 0 Å². The van der Waals surface area contributed by atoms with Gasteiger partial charge in [0.25, 0.3) is 5.56 Å². The number of halogens is 1. The fourth-order valence-corrected chi connectivity index (χ4v) is 3.38. The molecule has 0 spiro atoms. The molecule has 1 heterocycles. The third-order valence-corrected chi connectivity index (χ3v) is 5.30. The molecule has 0 radical (unpaired) electrons. The van der Waals surface area contributed by atoms with Gasteiger partial charge in [-0.05, 0) is 37.3 Å². The average molecular weight is 401 g/mol. The smallest absolute Gasteiger partial charge is 0.254 e. The number of aryl methyl sites for hydroxylation is 1. The Hall–Kier alpha value is -1.64. The van der Waals surface area contributed by atoms with Crippen LogP contribution in [0.3, 0.4) is 0 Å². The van der Waals surface area contributed by atoms with E-state index in [2.05, 4.69) is 20.7 Å². The highest BCUT2D eigenvalue weighted by atomic mass is 79.9. The van der Waals surface area contributed by atoms with Crippen LogP contribution in [0.4, 0.5) is 0 Å². The summed E-state index contributed by atoms with van der Waals surface area (Å²) < 4.78 is 34.2. The Morgan fingerprint density at radius 2 is 1.87 bits per heavy atom. The lowest BCUT2D eigenvalue weighted by Gasteiger charge is -2.12. The molecular formula is C15H17BrN2O4S. The number of rotatable bonds is 6. The first kappa shape index (κ1) is 17.7. The molecule has 8 heteroatoms. The first-order valence-corrected chi connectivity index (χ1v) is 9.12. The van der Waals surface area contributed by atoms with E-state index in [0.717, 1.165) is 4.47 Å². The molecular weight excluding hydrogens is 384 g/mol. The molecule has 0 amide bonds. The van der Waals surface area contributed by atoms with Gasteiger partial charge in [0.1, 0.15) is 5.75 Å². The van der Waals surface area contributed by atoms with Crippen LogP contribution in [0.2, 0.25) is 0 Å². The number of aromatic nitrogens is 1. The van der Waals surface area contributed by atoms with Crippen molar-refractivity contribution in [3.8, 4) is 5.75 Å². The number of pyridine rings is 1. The van der Waals surface area contributed by atoms with Crippen LogP contribution in [0.1, 0.15) is 5.69 Å². The molecule has 0 aliphatic carbocycles. The van der Waals surface area contributed by atoms with Crippen molar-refractivity contribution in [1.82, 2.24) is 9.29 Å². The van der Waals surface area contributed by atoms with Gasteiger partial charge in [0.15, 0.2) is 0 Å². The average Bonchev–Trinajstić information content (AvgIpc) is 2.50. The highest BCUT2D eigenvalue weighted by molar-refractivity contribution is 9.10. The third-order valence-electron chi connectivity index (χ3n) is 3.30. The minimum absolute atomic E-state index is 0.117. The van der Waals surface area contributed by atoms with E-state index in [1.165, 1.54) is 29.9 Å². The zero-order valence-electron chi connectivity index (χ0n) is 12.7. The topological polar surface area (TPSA) is 77.4 Å². The number of hydrogen-bond donors (Lipinski definition) is 1. The van der Waals surface area contributed by atoms with E-state index in [1.807, 2.05) is 0 Å². The Morgan fingerprint density at radius 3 is 2.43 bits per heavy atom. The normalized spacial score (nSPS) is 11.4. The lowest BCUT2D eigenvalue weighted by atomic mass is 10.3. The Bertz CT molecular complexity index is 845. The molecule has 124 valence electrons. The van der Waals surface area contributed by atoms with E-state index in [0.29, 0.717) is 11.4 Å². The summed E-state index contributed by atoms with van der Waals surface area (Å²) in [6.45, 7) is 2.13. The quantitative estimate of drug-likeness (QED) is 0.802. The van der Waals surface area contributed by atoms with E-state index in [-0.39, 0.29) is 23.5 Å². The maximum Gasteiger partial charge on any atom is 0.254 e. The SMILES string of the molecule is COc1cc(C)n(CCNS(=O)(=O)c2ccc(Br)cc2)c(=O)c1. The van der Waals surface area contributed by atoms with Gasteiger partial charge in [-0.2, -0.15) is 0 Å². The van der Waals surface area contributed by atoms with Gasteiger partial charge in [-0.3, -0.25) is 4.79 Å². The summed E-state index contributed by atoms with van der Waals surface area (Å²) in [6, 6.07) is 9.44. The molecule has 0 aliphatic rings. The lowest BCUT2D eigenvalue weighted by Crippen LogP contribution is -2.31. The fraction of sp³-hybridized carbons (Fsp3) is 0.267. The molecule has 1 N–H and O–H groups in total. The van der Waals surface area contributed by atoms with Crippen LogP contribution in [-0.4, -0.2) is 26.6 Å². The van der Waals surface area contributed by atoms with E-state index < -0.39 is 10.0 Å². The van der Waals surface area contributed by atoms with Crippen molar-refractivity contribution in [2.75, 3.05) is 13.7 Å². The van der Waals surface area contributed by atoms with Crippen LogP contribution in [0.15, 0.2) is 50.6 Å². The van der Waals surface area contributed by atoms with Crippen LogP contribution in [0.5, 0.6) is 5.75 Å². The predicted molar refractivity (Wildman–Crippen MR) is 91.3 cm³/mol. The van der Waals surface area contributed by atoms with Gasteiger partial charge < -0.3 is 9.30 Å². The molecule has 0 fully saturated rings. The van der Waals surface area contributed by atoms with E-state index in [1.54, 1.807) is 25.1 Å². The second kappa shape index (κ2) is 7.29. The summed E-state index contributed by atoms with van der Waals surface area (Å²) >= 11 is 3.26. The number of ether oxygens (including phenoxy) is 1. The predicted octanol–water partition coefficient (Wildman–Crippen LogP) is 1.91.